The number of nitrogens with two attached hydrogens (primary N) is 1. The second-order valence-electron chi connectivity index (χ2n) is 7.04. The molecule has 3 fully saturated rings. The number of ether oxygens (including phenoxy) is 1. The van der Waals surface area contributed by atoms with E-state index in [1.165, 1.54) is 46.1 Å². The normalized spacial score (nSPS) is 37.6. The summed E-state index contributed by atoms with van der Waals surface area (Å²) in [5.74, 6) is 0.0668. The molecule has 2 saturated heterocycles. The van der Waals surface area contributed by atoms with Gasteiger partial charge in [-0.15, -0.1) is 0 Å². The number of methoxy groups -OCH3 is 1. The highest BCUT2D eigenvalue weighted by Gasteiger charge is 2.46. The van der Waals surface area contributed by atoms with Gasteiger partial charge in [-0.25, -0.2) is 0 Å². The van der Waals surface area contributed by atoms with Crippen LogP contribution in [0.25, 0.3) is 0 Å². The average molecular weight is 295 g/mol. The Balaban J connectivity index is 1.51. The number of esters is 1. The van der Waals surface area contributed by atoms with Gasteiger partial charge in [0.25, 0.3) is 0 Å². The van der Waals surface area contributed by atoms with E-state index in [1.54, 1.807) is 0 Å². The van der Waals surface area contributed by atoms with Gasteiger partial charge in [-0.3, -0.25) is 9.69 Å². The van der Waals surface area contributed by atoms with E-state index in [2.05, 4.69) is 9.80 Å². The zero-order valence-electron chi connectivity index (χ0n) is 13.2. The van der Waals surface area contributed by atoms with Crippen LogP contribution in [0.15, 0.2) is 0 Å². The maximum Gasteiger partial charge on any atom is 0.326 e. The summed E-state index contributed by atoms with van der Waals surface area (Å²) in [6, 6.07) is 0.769. The molecule has 1 saturated carbocycles. The molecule has 120 valence electrons. The van der Waals surface area contributed by atoms with Gasteiger partial charge in [0, 0.05) is 25.7 Å². The highest BCUT2D eigenvalue weighted by molar-refractivity contribution is 5.81. The first kappa shape index (κ1) is 15.3. The van der Waals surface area contributed by atoms with E-state index in [0.29, 0.717) is 0 Å². The first-order valence-corrected chi connectivity index (χ1v) is 8.47. The maximum atomic E-state index is 12.0. The van der Waals surface area contributed by atoms with Gasteiger partial charge >= 0.3 is 5.97 Å². The molecular weight excluding hydrogens is 266 g/mol. The van der Waals surface area contributed by atoms with Crippen molar-refractivity contribution in [2.24, 2.45) is 11.7 Å². The molecule has 3 atom stereocenters. The fourth-order valence-electron chi connectivity index (χ4n) is 4.56. The maximum absolute atomic E-state index is 12.0. The Morgan fingerprint density at radius 3 is 2.95 bits per heavy atom. The van der Waals surface area contributed by atoms with Crippen LogP contribution in [-0.4, -0.2) is 67.2 Å². The molecule has 3 aliphatic rings. The number of nitrogens with zero attached hydrogens (tertiary/aromatic N) is 2. The molecule has 0 aromatic carbocycles. The first-order valence-electron chi connectivity index (χ1n) is 8.47. The molecule has 0 bridgehead atoms. The Hall–Kier alpha value is -0.650. The minimum Gasteiger partial charge on any atom is -0.468 e. The highest BCUT2D eigenvalue weighted by atomic mass is 16.5. The van der Waals surface area contributed by atoms with Crippen molar-refractivity contribution in [1.29, 1.82) is 0 Å². The zero-order valence-corrected chi connectivity index (χ0v) is 13.2. The van der Waals surface area contributed by atoms with E-state index in [0.717, 1.165) is 38.3 Å². The number of rotatable bonds is 4. The van der Waals surface area contributed by atoms with E-state index < -0.39 is 5.54 Å². The molecule has 0 aromatic rings. The molecule has 3 unspecified atom stereocenters. The van der Waals surface area contributed by atoms with E-state index in [9.17, 15) is 4.79 Å². The van der Waals surface area contributed by atoms with Crippen LogP contribution >= 0.6 is 0 Å². The molecule has 5 nitrogen and oxygen atoms in total. The minimum atomic E-state index is -0.732. The molecule has 0 amide bonds. The standard InChI is InChI=1S/C16H29N3O2/c1-21-15(20)16(17)7-2-4-13(16)6-9-18-10-11-19-8-3-5-14(19)12-18/h13-14H,2-12,17H2,1H3. The Morgan fingerprint density at radius 1 is 1.29 bits per heavy atom. The van der Waals surface area contributed by atoms with E-state index in [-0.39, 0.29) is 11.9 Å². The van der Waals surface area contributed by atoms with Gasteiger partial charge in [-0.2, -0.15) is 0 Å². The van der Waals surface area contributed by atoms with Crippen LogP contribution in [0.2, 0.25) is 0 Å². The second-order valence-corrected chi connectivity index (χ2v) is 7.04. The molecule has 0 aromatic heterocycles. The monoisotopic (exact) mass is 295 g/mol. The third kappa shape index (κ3) is 2.96. The highest BCUT2D eigenvalue weighted by Crippen LogP contribution is 2.37. The summed E-state index contributed by atoms with van der Waals surface area (Å²) < 4.78 is 4.93. The SMILES string of the molecule is COC(=O)C1(N)CCCC1CCN1CCN2CCCC2C1. The summed E-state index contributed by atoms with van der Waals surface area (Å²) in [7, 11) is 1.45. The van der Waals surface area contributed by atoms with Crippen molar-refractivity contribution in [3.63, 3.8) is 0 Å². The molecule has 3 rings (SSSR count). The quantitative estimate of drug-likeness (QED) is 0.779. The predicted molar refractivity (Wildman–Crippen MR) is 81.9 cm³/mol. The number of hydrogen-bond donors (Lipinski definition) is 1. The molecular formula is C16H29N3O2. The molecule has 5 heteroatoms. The van der Waals surface area contributed by atoms with E-state index >= 15 is 0 Å². The summed E-state index contributed by atoms with van der Waals surface area (Å²) in [6.45, 7) is 5.93. The lowest BCUT2D eigenvalue weighted by molar-refractivity contribution is -0.148. The number of hydrogen-bond acceptors (Lipinski definition) is 5. The van der Waals surface area contributed by atoms with Crippen molar-refractivity contribution in [3.05, 3.63) is 0 Å². The van der Waals surface area contributed by atoms with Gasteiger partial charge in [0.2, 0.25) is 0 Å². The zero-order chi connectivity index (χ0) is 14.9. The van der Waals surface area contributed by atoms with Crippen LogP contribution in [0.3, 0.4) is 0 Å². The Morgan fingerprint density at radius 2 is 2.14 bits per heavy atom. The molecule has 2 heterocycles. The number of fused-ring (bicyclic) bond motifs is 1. The van der Waals surface area contributed by atoms with Crippen molar-refractivity contribution in [2.75, 3.05) is 39.8 Å². The Kier molecular flexibility index (Phi) is 4.52. The number of piperazine rings is 1. The van der Waals surface area contributed by atoms with Gasteiger partial charge in [-0.05, 0) is 51.1 Å². The minimum absolute atomic E-state index is 0.217. The van der Waals surface area contributed by atoms with Gasteiger partial charge < -0.3 is 15.4 Å². The summed E-state index contributed by atoms with van der Waals surface area (Å²) in [5.41, 5.74) is 5.63. The Labute approximate surface area is 127 Å². The van der Waals surface area contributed by atoms with Crippen LogP contribution in [0.4, 0.5) is 0 Å². The topological polar surface area (TPSA) is 58.8 Å². The molecule has 2 aliphatic heterocycles. The van der Waals surface area contributed by atoms with Crippen molar-refractivity contribution >= 4 is 5.97 Å². The van der Waals surface area contributed by atoms with Crippen molar-refractivity contribution in [1.82, 2.24) is 9.80 Å². The van der Waals surface area contributed by atoms with Crippen molar-refractivity contribution < 1.29 is 9.53 Å². The lowest BCUT2D eigenvalue weighted by atomic mass is 9.85. The Bertz CT molecular complexity index is 390. The predicted octanol–water partition coefficient (Wildman–Crippen LogP) is 0.827. The van der Waals surface area contributed by atoms with Crippen molar-refractivity contribution in [3.8, 4) is 0 Å². The fourth-order valence-corrected chi connectivity index (χ4v) is 4.56. The largest absolute Gasteiger partial charge is 0.468 e. The van der Waals surface area contributed by atoms with Gasteiger partial charge in [0.1, 0.15) is 5.54 Å². The summed E-state index contributed by atoms with van der Waals surface area (Å²) in [5, 5.41) is 0. The smallest absolute Gasteiger partial charge is 0.326 e. The third-order valence-electron chi connectivity index (χ3n) is 5.90. The summed E-state index contributed by atoms with van der Waals surface area (Å²) >= 11 is 0. The van der Waals surface area contributed by atoms with E-state index in [1.807, 2.05) is 0 Å². The third-order valence-corrected chi connectivity index (χ3v) is 5.90. The van der Waals surface area contributed by atoms with Gasteiger partial charge in [0.05, 0.1) is 7.11 Å². The first-order chi connectivity index (χ1) is 10.1. The number of carbonyl (C=O) groups excluding carboxylic acids is 1. The fraction of sp³-hybridized carbons (Fsp3) is 0.938. The second kappa shape index (κ2) is 6.23. The van der Waals surface area contributed by atoms with Crippen LogP contribution in [0, 0.1) is 5.92 Å². The van der Waals surface area contributed by atoms with Gasteiger partial charge in [0.15, 0.2) is 0 Å². The average Bonchev–Trinajstić information content (AvgIpc) is 3.10. The molecule has 1 aliphatic carbocycles. The molecule has 2 N–H and O–H groups in total. The number of carbonyl (C=O) groups is 1. The lowest BCUT2D eigenvalue weighted by Gasteiger charge is -2.38. The summed E-state index contributed by atoms with van der Waals surface area (Å²) in [6.07, 6.45) is 6.62. The van der Waals surface area contributed by atoms with Crippen LogP contribution in [0.1, 0.15) is 38.5 Å². The van der Waals surface area contributed by atoms with E-state index in [4.69, 9.17) is 10.5 Å². The van der Waals surface area contributed by atoms with Crippen molar-refractivity contribution in [2.45, 2.75) is 50.1 Å². The van der Waals surface area contributed by atoms with Crippen LogP contribution < -0.4 is 5.73 Å². The molecule has 0 spiro atoms. The summed E-state index contributed by atoms with van der Waals surface area (Å²) in [4.78, 5) is 17.2. The van der Waals surface area contributed by atoms with Crippen LogP contribution in [0.5, 0.6) is 0 Å². The van der Waals surface area contributed by atoms with Crippen LogP contribution in [-0.2, 0) is 9.53 Å². The molecule has 0 radical (unpaired) electrons. The van der Waals surface area contributed by atoms with Gasteiger partial charge in [-0.1, -0.05) is 6.42 Å². The lowest BCUT2D eigenvalue weighted by Crippen LogP contribution is -2.53. The molecule has 21 heavy (non-hydrogen) atoms.